The summed E-state index contributed by atoms with van der Waals surface area (Å²) in [6, 6.07) is 9.08. The van der Waals surface area contributed by atoms with Crippen LogP contribution in [-0.2, 0) is 0 Å². The molecule has 0 bridgehead atoms. The summed E-state index contributed by atoms with van der Waals surface area (Å²) >= 11 is 0. The first-order valence-electron chi connectivity index (χ1n) is 7.94. The van der Waals surface area contributed by atoms with E-state index in [0.717, 1.165) is 0 Å². The molecule has 2 N–H and O–H groups in total. The van der Waals surface area contributed by atoms with Crippen LogP contribution in [0.2, 0.25) is 0 Å². The highest BCUT2D eigenvalue weighted by molar-refractivity contribution is 5.94. The van der Waals surface area contributed by atoms with Gasteiger partial charge in [0, 0.05) is 29.1 Å². The SMILES string of the molecule is O=[N+]([O-])c1ccc2nn(-c3ccc4c(OCCO)nccc4c3O)nc2c1. The van der Waals surface area contributed by atoms with Crippen LogP contribution in [0.3, 0.4) is 0 Å². The quantitative estimate of drug-likeness (QED) is 0.403. The summed E-state index contributed by atoms with van der Waals surface area (Å²) in [5.74, 6) is 0.205. The number of phenols is 1. The molecule has 0 fully saturated rings. The molecule has 0 radical (unpaired) electrons. The molecule has 0 atom stereocenters. The highest BCUT2D eigenvalue weighted by Crippen LogP contribution is 2.34. The molecule has 2 heterocycles. The minimum Gasteiger partial charge on any atom is -0.505 e. The van der Waals surface area contributed by atoms with E-state index in [4.69, 9.17) is 9.84 Å². The van der Waals surface area contributed by atoms with Crippen molar-refractivity contribution in [2.24, 2.45) is 0 Å². The van der Waals surface area contributed by atoms with E-state index >= 15 is 0 Å². The Morgan fingerprint density at radius 3 is 2.70 bits per heavy atom. The molecule has 0 aliphatic heterocycles. The van der Waals surface area contributed by atoms with Crippen LogP contribution >= 0.6 is 0 Å². The van der Waals surface area contributed by atoms with Crippen LogP contribution in [0.4, 0.5) is 5.69 Å². The van der Waals surface area contributed by atoms with Crippen molar-refractivity contribution in [2.45, 2.75) is 0 Å². The van der Waals surface area contributed by atoms with Gasteiger partial charge in [0.15, 0.2) is 5.75 Å². The molecular formula is C17H13N5O5. The first-order chi connectivity index (χ1) is 13.1. The molecule has 0 aliphatic carbocycles. The lowest BCUT2D eigenvalue weighted by atomic mass is 10.1. The van der Waals surface area contributed by atoms with Gasteiger partial charge in [0.2, 0.25) is 5.88 Å². The van der Waals surface area contributed by atoms with Gasteiger partial charge in [-0.25, -0.2) is 4.98 Å². The van der Waals surface area contributed by atoms with Crippen LogP contribution < -0.4 is 4.74 Å². The standard InChI is InChI=1S/C17H13N5O5/c23-7-8-27-17-12-2-4-15(16(24)11(12)5-6-18-17)21-19-13-3-1-10(22(25)26)9-14(13)20-21/h1-6,9,23-24H,7-8H2. The molecule has 10 heteroatoms. The molecule has 0 unspecified atom stereocenters. The van der Waals surface area contributed by atoms with Gasteiger partial charge in [-0.05, 0) is 24.3 Å². The Bertz CT molecular complexity index is 1170. The van der Waals surface area contributed by atoms with E-state index in [1.54, 1.807) is 18.2 Å². The molecule has 0 amide bonds. The maximum Gasteiger partial charge on any atom is 0.271 e. The molecule has 10 nitrogen and oxygen atoms in total. The minimum absolute atomic E-state index is 0.0828. The first kappa shape index (κ1) is 16.7. The zero-order valence-electron chi connectivity index (χ0n) is 13.8. The van der Waals surface area contributed by atoms with Gasteiger partial charge in [-0.3, -0.25) is 10.1 Å². The number of aliphatic hydroxyl groups excluding tert-OH is 1. The second-order valence-corrected chi connectivity index (χ2v) is 5.64. The van der Waals surface area contributed by atoms with Gasteiger partial charge in [0.1, 0.15) is 23.3 Å². The number of phenolic OH excluding ortho intramolecular Hbond substituents is 1. The van der Waals surface area contributed by atoms with E-state index in [-0.39, 0.29) is 30.5 Å². The average Bonchev–Trinajstić information content (AvgIpc) is 3.09. The Morgan fingerprint density at radius 2 is 1.93 bits per heavy atom. The fourth-order valence-electron chi connectivity index (χ4n) is 2.74. The summed E-state index contributed by atoms with van der Waals surface area (Å²) in [6.07, 6.45) is 1.48. The zero-order chi connectivity index (χ0) is 19.0. The zero-order valence-corrected chi connectivity index (χ0v) is 13.8. The predicted molar refractivity (Wildman–Crippen MR) is 95.1 cm³/mol. The monoisotopic (exact) mass is 367 g/mol. The average molecular weight is 367 g/mol. The van der Waals surface area contributed by atoms with Crippen LogP contribution in [0.5, 0.6) is 11.6 Å². The fourth-order valence-corrected chi connectivity index (χ4v) is 2.74. The highest BCUT2D eigenvalue weighted by Gasteiger charge is 2.16. The van der Waals surface area contributed by atoms with Crippen LogP contribution in [0, 0.1) is 10.1 Å². The summed E-state index contributed by atoms with van der Waals surface area (Å²) in [4.78, 5) is 15.7. The number of benzene rings is 2. The Morgan fingerprint density at radius 1 is 1.11 bits per heavy atom. The van der Waals surface area contributed by atoms with Crippen molar-refractivity contribution in [2.75, 3.05) is 13.2 Å². The molecule has 2 aromatic carbocycles. The summed E-state index contributed by atoms with van der Waals surface area (Å²) in [5, 5.41) is 40.0. The normalized spacial score (nSPS) is 11.1. The molecule has 0 saturated heterocycles. The number of rotatable bonds is 5. The number of nitrogens with zero attached hydrogens (tertiary/aromatic N) is 5. The first-order valence-corrected chi connectivity index (χ1v) is 7.94. The summed E-state index contributed by atoms with van der Waals surface area (Å²) < 4.78 is 5.38. The van der Waals surface area contributed by atoms with Gasteiger partial charge in [-0.1, -0.05) is 0 Å². The van der Waals surface area contributed by atoms with Crippen molar-refractivity contribution < 1.29 is 19.9 Å². The van der Waals surface area contributed by atoms with Gasteiger partial charge < -0.3 is 14.9 Å². The number of fused-ring (bicyclic) bond motifs is 2. The minimum atomic E-state index is -0.507. The lowest BCUT2D eigenvalue weighted by molar-refractivity contribution is -0.384. The van der Waals surface area contributed by atoms with E-state index in [2.05, 4.69) is 15.2 Å². The smallest absolute Gasteiger partial charge is 0.271 e. The molecule has 0 aliphatic rings. The van der Waals surface area contributed by atoms with Gasteiger partial charge in [-0.2, -0.15) is 0 Å². The molecule has 0 saturated carbocycles. The van der Waals surface area contributed by atoms with Crippen molar-refractivity contribution in [1.29, 1.82) is 0 Å². The molecule has 27 heavy (non-hydrogen) atoms. The second kappa shape index (κ2) is 6.50. The van der Waals surface area contributed by atoms with Crippen LogP contribution in [0.1, 0.15) is 0 Å². The summed E-state index contributed by atoms with van der Waals surface area (Å²) in [6.45, 7) is -0.0719. The highest BCUT2D eigenvalue weighted by atomic mass is 16.6. The Kier molecular flexibility index (Phi) is 4.01. The van der Waals surface area contributed by atoms with Crippen LogP contribution in [-0.4, -0.2) is 48.3 Å². The molecular weight excluding hydrogens is 354 g/mol. The van der Waals surface area contributed by atoms with E-state index in [1.165, 1.54) is 29.2 Å². The van der Waals surface area contributed by atoms with E-state index < -0.39 is 4.92 Å². The van der Waals surface area contributed by atoms with Crippen LogP contribution in [0.25, 0.3) is 27.5 Å². The number of aromatic hydroxyl groups is 1. The largest absolute Gasteiger partial charge is 0.505 e. The number of ether oxygens (including phenoxy) is 1. The van der Waals surface area contributed by atoms with Crippen molar-refractivity contribution in [3.05, 3.63) is 52.7 Å². The van der Waals surface area contributed by atoms with Crippen LogP contribution in [0.15, 0.2) is 42.6 Å². The third-order valence-corrected chi connectivity index (χ3v) is 3.98. The maximum atomic E-state index is 10.9. The number of aliphatic hydroxyl groups is 1. The number of aromatic nitrogens is 4. The number of pyridine rings is 1. The van der Waals surface area contributed by atoms with Crippen molar-refractivity contribution >= 4 is 27.5 Å². The van der Waals surface area contributed by atoms with Gasteiger partial charge in [-0.15, -0.1) is 15.0 Å². The molecule has 2 aromatic heterocycles. The third kappa shape index (κ3) is 2.87. The number of nitro groups is 1. The summed E-state index contributed by atoms with van der Waals surface area (Å²) in [5.41, 5.74) is 1.02. The lowest BCUT2D eigenvalue weighted by Crippen LogP contribution is -2.04. The Labute approximate surface area is 151 Å². The topological polar surface area (TPSA) is 136 Å². The van der Waals surface area contributed by atoms with Crippen molar-refractivity contribution in [3.63, 3.8) is 0 Å². The van der Waals surface area contributed by atoms with E-state index in [9.17, 15) is 15.2 Å². The van der Waals surface area contributed by atoms with Crippen molar-refractivity contribution in [3.8, 4) is 17.3 Å². The number of non-ortho nitro benzene ring substituents is 1. The van der Waals surface area contributed by atoms with Crippen molar-refractivity contribution in [1.82, 2.24) is 20.0 Å². The molecule has 136 valence electrons. The lowest BCUT2D eigenvalue weighted by Gasteiger charge is -2.10. The predicted octanol–water partition coefficient (Wildman–Crippen LogP) is 1.95. The Hall–Kier alpha value is -3.79. The number of hydrogen-bond acceptors (Lipinski definition) is 8. The summed E-state index contributed by atoms with van der Waals surface area (Å²) in [7, 11) is 0. The third-order valence-electron chi connectivity index (χ3n) is 3.98. The van der Waals surface area contributed by atoms with Gasteiger partial charge in [0.05, 0.1) is 11.5 Å². The van der Waals surface area contributed by atoms with Gasteiger partial charge >= 0.3 is 0 Å². The van der Waals surface area contributed by atoms with E-state index in [1.807, 2.05) is 0 Å². The molecule has 4 aromatic rings. The maximum absolute atomic E-state index is 10.9. The Balaban J connectivity index is 1.83. The number of nitro benzene ring substituents is 1. The van der Waals surface area contributed by atoms with Gasteiger partial charge in [0.25, 0.3) is 5.69 Å². The molecule has 0 spiro atoms. The second-order valence-electron chi connectivity index (χ2n) is 5.64. The fraction of sp³-hybridized carbons (Fsp3) is 0.118. The number of hydrogen-bond donors (Lipinski definition) is 2. The van der Waals surface area contributed by atoms with E-state index in [0.29, 0.717) is 27.5 Å². The molecule has 4 rings (SSSR count).